The number of nitrogens with one attached hydrogen (secondary N) is 4. The van der Waals surface area contributed by atoms with Crippen molar-refractivity contribution in [2.24, 2.45) is 22.9 Å². The molecule has 16 heteroatoms. The van der Waals surface area contributed by atoms with E-state index in [9.17, 15) is 33.9 Å². The lowest BCUT2D eigenvalue weighted by Gasteiger charge is -2.25. The third kappa shape index (κ3) is 12.0. The maximum Gasteiger partial charge on any atom is 0.326 e. The molecule has 16 nitrogen and oxygen atoms in total. The molecule has 5 amide bonds. The van der Waals surface area contributed by atoms with Crippen LogP contribution in [0.5, 0.6) is 0 Å². The van der Waals surface area contributed by atoms with Crippen molar-refractivity contribution in [3.63, 3.8) is 0 Å². The van der Waals surface area contributed by atoms with E-state index < -0.39 is 66.1 Å². The lowest BCUT2D eigenvalue weighted by atomic mass is 10.0. The molecule has 13 N–H and O–H groups in total. The standard InChI is InChI=1S/C21H35N9O7/c22-6-2-1-3-13(19(34)29-14(21(36)37)4-5-16(24)31)28-20(35)15(7-11-9-26-10-27-11)30-18(33)12(23)8-17(25)32/h9-10,12-15H,1-8,22-23H2,(H2,24,31)(H2,25,32)(H,26,27)(H,28,35)(H,29,34)(H,30,33)(H,36,37). The summed E-state index contributed by atoms with van der Waals surface area (Å²) < 4.78 is 0. The first-order valence-electron chi connectivity index (χ1n) is 11.6. The van der Waals surface area contributed by atoms with Crippen molar-refractivity contribution in [2.45, 2.75) is 69.1 Å². The van der Waals surface area contributed by atoms with Crippen molar-refractivity contribution in [1.82, 2.24) is 25.9 Å². The summed E-state index contributed by atoms with van der Waals surface area (Å²) in [6.07, 6.45) is 2.84. The zero-order chi connectivity index (χ0) is 28.0. The lowest BCUT2D eigenvalue weighted by Crippen LogP contribution is -2.57. The number of carbonyl (C=O) groups excluding carboxylic acids is 5. The Labute approximate surface area is 212 Å². The van der Waals surface area contributed by atoms with Gasteiger partial charge in [-0.1, -0.05) is 0 Å². The highest BCUT2D eigenvalue weighted by molar-refractivity contribution is 5.95. The maximum absolute atomic E-state index is 13.2. The zero-order valence-electron chi connectivity index (χ0n) is 20.3. The molecule has 0 saturated carbocycles. The summed E-state index contributed by atoms with van der Waals surface area (Å²) in [6, 6.07) is -5.14. The van der Waals surface area contributed by atoms with E-state index in [0.29, 0.717) is 25.1 Å². The number of primary amides is 2. The van der Waals surface area contributed by atoms with Crippen LogP contribution in [-0.4, -0.2) is 81.3 Å². The van der Waals surface area contributed by atoms with Crippen molar-refractivity contribution in [3.05, 3.63) is 18.2 Å². The Morgan fingerprint density at radius 3 is 2.05 bits per heavy atom. The van der Waals surface area contributed by atoms with Gasteiger partial charge in [0, 0.05) is 24.7 Å². The van der Waals surface area contributed by atoms with Crippen LogP contribution in [0.2, 0.25) is 0 Å². The van der Waals surface area contributed by atoms with Crippen LogP contribution >= 0.6 is 0 Å². The molecule has 4 unspecified atom stereocenters. The van der Waals surface area contributed by atoms with Crippen LogP contribution in [0.15, 0.2) is 12.5 Å². The second-order valence-electron chi connectivity index (χ2n) is 8.37. The number of aliphatic carboxylic acids is 1. The SMILES string of the molecule is NCCCCC(NC(=O)C(Cc1cnc[nH]1)NC(=O)C(N)CC(N)=O)C(=O)NC(CCC(N)=O)C(=O)O. The third-order valence-corrected chi connectivity index (χ3v) is 5.24. The lowest BCUT2D eigenvalue weighted by molar-refractivity contribution is -0.142. The smallest absolute Gasteiger partial charge is 0.326 e. The third-order valence-electron chi connectivity index (χ3n) is 5.24. The molecule has 37 heavy (non-hydrogen) atoms. The number of rotatable bonds is 18. The van der Waals surface area contributed by atoms with E-state index >= 15 is 0 Å². The minimum atomic E-state index is -1.42. The number of carboxylic acid groups (broad SMARTS) is 1. The van der Waals surface area contributed by atoms with Crippen molar-refractivity contribution < 1.29 is 33.9 Å². The van der Waals surface area contributed by atoms with Gasteiger partial charge < -0.3 is 49.0 Å². The van der Waals surface area contributed by atoms with Gasteiger partial charge in [-0.15, -0.1) is 0 Å². The van der Waals surface area contributed by atoms with Crippen LogP contribution in [-0.2, 0) is 35.2 Å². The molecule has 0 aliphatic rings. The highest BCUT2D eigenvalue weighted by Crippen LogP contribution is 2.07. The predicted octanol–water partition coefficient (Wildman–Crippen LogP) is -3.91. The molecule has 1 aromatic rings. The average molecular weight is 526 g/mol. The highest BCUT2D eigenvalue weighted by atomic mass is 16.4. The number of unbranched alkanes of at least 4 members (excludes halogenated alkanes) is 1. The minimum Gasteiger partial charge on any atom is -0.480 e. The number of nitrogens with two attached hydrogens (primary N) is 4. The summed E-state index contributed by atoms with van der Waals surface area (Å²) in [4.78, 5) is 78.8. The van der Waals surface area contributed by atoms with Gasteiger partial charge in [-0.3, -0.25) is 24.0 Å². The van der Waals surface area contributed by atoms with Crippen molar-refractivity contribution in [1.29, 1.82) is 0 Å². The summed E-state index contributed by atoms with van der Waals surface area (Å²) in [5.41, 5.74) is 21.8. The van der Waals surface area contributed by atoms with E-state index in [4.69, 9.17) is 22.9 Å². The van der Waals surface area contributed by atoms with Gasteiger partial charge >= 0.3 is 5.97 Å². The highest BCUT2D eigenvalue weighted by Gasteiger charge is 2.31. The largest absolute Gasteiger partial charge is 0.480 e. The number of hydrogen-bond acceptors (Lipinski definition) is 9. The fourth-order valence-electron chi connectivity index (χ4n) is 3.26. The summed E-state index contributed by atoms with van der Waals surface area (Å²) in [5.74, 6) is -5.32. The predicted molar refractivity (Wildman–Crippen MR) is 129 cm³/mol. The number of aromatic nitrogens is 2. The van der Waals surface area contributed by atoms with Crippen LogP contribution in [0.25, 0.3) is 0 Å². The number of carbonyl (C=O) groups is 6. The van der Waals surface area contributed by atoms with E-state index in [0.717, 1.165) is 0 Å². The molecule has 1 aromatic heterocycles. The molecule has 0 spiro atoms. The maximum atomic E-state index is 13.2. The molecule has 1 heterocycles. The van der Waals surface area contributed by atoms with E-state index in [1.165, 1.54) is 12.5 Å². The second-order valence-corrected chi connectivity index (χ2v) is 8.37. The monoisotopic (exact) mass is 525 g/mol. The van der Waals surface area contributed by atoms with E-state index in [-0.39, 0.29) is 25.7 Å². The van der Waals surface area contributed by atoms with Gasteiger partial charge in [-0.2, -0.15) is 0 Å². The van der Waals surface area contributed by atoms with E-state index in [1.807, 2.05) is 0 Å². The Kier molecular flexibility index (Phi) is 13.3. The average Bonchev–Trinajstić information content (AvgIpc) is 3.32. The van der Waals surface area contributed by atoms with E-state index in [1.54, 1.807) is 0 Å². The first kappa shape index (κ1) is 31.0. The molecule has 0 radical (unpaired) electrons. The van der Waals surface area contributed by atoms with Crippen molar-refractivity contribution in [3.8, 4) is 0 Å². The molecule has 0 aromatic carbocycles. The van der Waals surface area contributed by atoms with E-state index in [2.05, 4.69) is 25.9 Å². The number of hydrogen-bond donors (Lipinski definition) is 9. The van der Waals surface area contributed by atoms with Crippen molar-refractivity contribution in [2.75, 3.05) is 6.54 Å². The number of imidazole rings is 1. The Balaban J connectivity index is 3.05. The first-order chi connectivity index (χ1) is 17.4. The molecule has 1 rings (SSSR count). The molecular weight excluding hydrogens is 490 g/mol. The quantitative estimate of drug-likeness (QED) is 0.0839. The Hall–Kier alpha value is -4.05. The number of nitrogens with zero attached hydrogens (tertiary/aromatic N) is 1. The van der Waals surface area contributed by atoms with Gasteiger partial charge in [0.2, 0.25) is 29.5 Å². The van der Waals surface area contributed by atoms with Gasteiger partial charge in [-0.05, 0) is 32.2 Å². The number of aromatic amines is 1. The number of H-pyrrole nitrogens is 1. The van der Waals surface area contributed by atoms with Gasteiger partial charge in [0.05, 0.1) is 18.8 Å². The zero-order valence-corrected chi connectivity index (χ0v) is 20.3. The fraction of sp³-hybridized carbons (Fsp3) is 0.571. The minimum absolute atomic E-state index is 0.0611. The van der Waals surface area contributed by atoms with Gasteiger partial charge in [0.25, 0.3) is 0 Å². The Bertz CT molecular complexity index is 939. The molecule has 0 aliphatic heterocycles. The van der Waals surface area contributed by atoms with Crippen molar-refractivity contribution >= 4 is 35.5 Å². The van der Waals surface area contributed by atoms with Crippen LogP contribution < -0.4 is 38.9 Å². The summed E-state index contributed by atoms with van der Waals surface area (Å²) in [7, 11) is 0. The molecule has 0 aliphatic carbocycles. The molecule has 0 bridgehead atoms. The van der Waals surface area contributed by atoms with Crippen LogP contribution in [0.3, 0.4) is 0 Å². The topological polar surface area (TPSA) is 292 Å². The molecule has 206 valence electrons. The normalized spacial score (nSPS) is 14.0. The summed E-state index contributed by atoms with van der Waals surface area (Å²) >= 11 is 0. The summed E-state index contributed by atoms with van der Waals surface area (Å²) in [5, 5.41) is 16.6. The molecular formula is C21H35N9O7. The van der Waals surface area contributed by atoms with Crippen LogP contribution in [0.1, 0.15) is 44.2 Å². The molecule has 0 fully saturated rings. The van der Waals surface area contributed by atoms with Gasteiger partial charge in [0.1, 0.15) is 18.1 Å². The van der Waals surface area contributed by atoms with Crippen LogP contribution in [0, 0.1) is 0 Å². The van der Waals surface area contributed by atoms with Gasteiger partial charge in [-0.25, -0.2) is 9.78 Å². The Morgan fingerprint density at radius 1 is 0.892 bits per heavy atom. The van der Waals surface area contributed by atoms with Crippen LogP contribution in [0.4, 0.5) is 0 Å². The second kappa shape index (κ2) is 15.8. The number of carboxylic acids is 1. The first-order valence-corrected chi connectivity index (χ1v) is 11.6. The molecule has 4 atom stereocenters. The fourth-order valence-corrected chi connectivity index (χ4v) is 3.26. The summed E-state index contributed by atoms with van der Waals surface area (Å²) in [6.45, 7) is 0.328. The number of amides is 5. The Morgan fingerprint density at radius 2 is 1.51 bits per heavy atom. The van der Waals surface area contributed by atoms with Gasteiger partial charge in [0.15, 0.2) is 0 Å². The molecule has 0 saturated heterocycles.